The zero-order chi connectivity index (χ0) is 19.8. The molecule has 1 fully saturated rings. The molecule has 0 saturated carbocycles. The number of aliphatic hydroxyl groups excluding tert-OH is 1. The minimum atomic E-state index is -0.0655. The van der Waals surface area contributed by atoms with Gasteiger partial charge in [-0.25, -0.2) is 9.97 Å². The van der Waals surface area contributed by atoms with Crippen LogP contribution in [0, 0.1) is 0 Å². The first-order chi connectivity index (χ1) is 13.7. The lowest BCUT2D eigenvalue weighted by molar-refractivity contribution is 0.225. The maximum atomic E-state index is 9.68. The van der Waals surface area contributed by atoms with Gasteiger partial charge < -0.3 is 15.3 Å². The molecule has 1 aliphatic rings. The van der Waals surface area contributed by atoms with Crippen LogP contribution in [0.2, 0.25) is 0 Å². The molecular formula is C21H27N5O2. The lowest BCUT2D eigenvalue weighted by Crippen LogP contribution is -2.47. The van der Waals surface area contributed by atoms with E-state index >= 15 is 0 Å². The summed E-state index contributed by atoms with van der Waals surface area (Å²) in [5.74, 6) is 0.677. The summed E-state index contributed by atoms with van der Waals surface area (Å²) >= 11 is 0. The van der Waals surface area contributed by atoms with E-state index in [-0.39, 0.29) is 12.6 Å². The van der Waals surface area contributed by atoms with Crippen LogP contribution in [-0.4, -0.2) is 52.1 Å². The summed E-state index contributed by atoms with van der Waals surface area (Å²) in [5.41, 5.74) is 4.15. The Labute approximate surface area is 165 Å². The zero-order valence-corrected chi connectivity index (χ0v) is 15.8. The van der Waals surface area contributed by atoms with Crippen LogP contribution < -0.4 is 15.7 Å². The number of nitrogens with one attached hydrogen (secondary N) is 2. The molecule has 28 heavy (non-hydrogen) atoms. The molecule has 2 aromatic rings. The van der Waals surface area contributed by atoms with Crippen molar-refractivity contribution in [3.63, 3.8) is 0 Å². The number of aliphatic hydroxyl groups is 1. The highest BCUT2D eigenvalue weighted by Gasteiger charge is 2.22. The first-order valence-corrected chi connectivity index (χ1v) is 9.46. The topological polar surface area (TPSA) is 93.5 Å². The van der Waals surface area contributed by atoms with Gasteiger partial charge in [-0.2, -0.15) is 0 Å². The molecule has 1 aliphatic heterocycles. The Kier molecular flexibility index (Phi) is 7.13. The number of aromatic nitrogens is 2. The molecule has 0 aliphatic carbocycles. The summed E-state index contributed by atoms with van der Waals surface area (Å²) in [6, 6.07) is 10.4. The van der Waals surface area contributed by atoms with Crippen molar-refractivity contribution in [1.82, 2.24) is 20.8 Å². The first kappa shape index (κ1) is 20.0. The largest absolute Gasteiger partial charge is 0.394 e. The number of benzene rings is 1. The van der Waals surface area contributed by atoms with Crippen molar-refractivity contribution in [2.45, 2.75) is 24.9 Å². The molecule has 7 heteroatoms. The summed E-state index contributed by atoms with van der Waals surface area (Å²) in [5, 5.41) is 22.1. The molecule has 148 valence electrons. The predicted molar refractivity (Wildman–Crippen MR) is 111 cm³/mol. The van der Waals surface area contributed by atoms with E-state index in [4.69, 9.17) is 5.21 Å². The molecule has 1 unspecified atom stereocenters. The van der Waals surface area contributed by atoms with Gasteiger partial charge in [0.25, 0.3) is 0 Å². The monoisotopic (exact) mass is 381 g/mol. The molecule has 1 aromatic carbocycles. The van der Waals surface area contributed by atoms with E-state index < -0.39 is 0 Å². The maximum Gasteiger partial charge on any atom is 0.225 e. The van der Waals surface area contributed by atoms with Crippen LogP contribution in [0.1, 0.15) is 24.0 Å². The fourth-order valence-electron chi connectivity index (χ4n) is 3.21. The second-order valence-electron chi connectivity index (χ2n) is 6.85. The standard InChI is InChI=1S/C21H27N5O2/c1-16(25-28)18-13-22-21(23-14-18)26-11-9-19(10-12-26)24-20(15-27)8-7-17-5-3-2-4-6-17/h2-8,13-14,19-20,24-25,27-28H,1,9-12,15H2/b8-7+. The highest BCUT2D eigenvalue weighted by Crippen LogP contribution is 2.17. The van der Waals surface area contributed by atoms with Gasteiger partial charge in [0.2, 0.25) is 5.95 Å². The highest BCUT2D eigenvalue weighted by molar-refractivity contribution is 5.59. The second-order valence-corrected chi connectivity index (χ2v) is 6.85. The Morgan fingerprint density at radius 1 is 1.21 bits per heavy atom. The molecular weight excluding hydrogens is 354 g/mol. The molecule has 1 atom stereocenters. The fourth-order valence-corrected chi connectivity index (χ4v) is 3.21. The third-order valence-corrected chi connectivity index (χ3v) is 4.87. The van der Waals surface area contributed by atoms with E-state index in [2.05, 4.69) is 26.8 Å². The minimum Gasteiger partial charge on any atom is -0.394 e. The van der Waals surface area contributed by atoms with E-state index in [0.717, 1.165) is 31.5 Å². The van der Waals surface area contributed by atoms with Crippen LogP contribution in [0.15, 0.2) is 55.4 Å². The van der Waals surface area contributed by atoms with E-state index in [1.807, 2.05) is 48.0 Å². The molecule has 0 spiro atoms. The van der Waals surface area contributed by atoms with Gasteiger partial charge in [-0.15, -0.1) is 0 Å². The van der Waals surface area contributed by atoms with Gasteiger partial charge in [0.15, 0.2) is 0 Å². The normalized spacial score (nSPS) is 16.3. The quantitative estimate of drug-likeness (QED) is 0.520. The third-order valence-electron chi connectivity index (χ3n) is 4.87. The summed E-state index contributed by atoms with van der Waals surface area (Å²) in [7, 11) is 0. The van der Waals surface area contributed by atoms with Crippen LogP contribution >= 0.6 is 0 Å². The summed E-state index contributed by atoms with van der Waals surface area (Å²) in [6.07, 6.45) is 9.25. The number of rotatable bonds is 8. The van der Waals surface area contributed by atoms with Crippen LogP contribution in [0.5, 0.6) is 0 Å². The van der Waals surface area contributed by atoms with Crippen molar-refractivity contribution < 1.29 is 10.3 Å². The average Bonchev–Trinajstić information content (AvgIpc) is 2.77. The average molecular weight is 381 g/mol. The van der Waals surface area contributed by atoms with Gasteiger partial charge in [0.1, 0.15) is 0 Å². The number of hydroxylamine groups is 1. The molecule has 0 radical (unpaired) electrons. The zero-order valence-electron chi connectivity index (χ0n) is 15.8. The van der Waals surface area contributed by atoms with Gasteiger partial charge >= 0.3 is 0 Å². The van der Waals surface area contributed by atoms with Crippen molar-refractivity contribution in [1.29, 1.82) is 0 Å². The van der Waals surface area contributed by atoms with E-state index in [0.29, 0.717) is 23.3 Å². The van der Waals surface area contributed by atoms with Gasteiger partial charge in [-0.1, -0.05) is 49.1 Å². The number of hydrogen-bond acceptors (Lipinski definition) is 7. The van der Waals surface area contributed by atoms with Crippen molar-refractivity contribution in [3.8, 4) is 0 Å². The molecule has 2 heterocycles. The van der Waals surface area contributed by atoms with E-state index in [1.165, 1.54) is 0 Å². The minimum absolute atomic E-state index is 0.0655. The number of piperidine rings is 1. The fraction of sp³-hybridized carbons (Fsp3) is 0.333. The highest BCUT2D eigenvalue weighted by atomic mass is 16.5. The predicted octanol–water partition coefficient (Wildman–Crippen LogP) is 2.06. The van der Waals surface area contributed by atoms with Crippen molar-refractivity contribution in [3.05, 3.63) is 66.5 Å². The van der Waals surface area contributed by atoms with Crippen LogP contribution in [0.3, 0.4) is 0 Å². The van der Waals surface area contributed by atoms with Gasteiger partial charge in [-0.05, 0) is 18.4 Å². The van der Waals surface area contributed by atoms with Gasteiger partial charge in [0.05, 0.1) is 12.3 Å². The lowest BCUT2D eigenvalue weighted by Gasteiger charge is -2.33. The van der Waals surface area contributed by atoms with Gasteiger partial charge in [-0.3, -0.25) is 10.7 Å². The Balaban J connectivity index is 1.50. The molecule has 0 amide bonds. The Morgan fingerprint density at radius 3 is 2.50 bits per heavy atom. The Morgan fingerprint density at radius 2 is 1.89 bits per heavy atom. The lowest BCUT2D eigenvalue weighted by atomic mass is 10.0. The van der Waals surface area contributed by atoms with E-state index in [1.54, 1.807) is 12.4 Å². The van der Waals surface area contributed by atoms with Crippen molar-refractivity contribution in [2.24, 2.45) is 0 Å². The molecule has 1 saturated heterocycles. The maximum absolute atomic E-state index is 9.68. The third kappa shape index (κ3) is 5.39. The van der Waals surface area contributed by atoms with Crippen LogP contribution in [-0.2, 0) is 0 Å². The second kappa shape index (κ2) is 9.98. The van der Waals surface area contributed by atoms with Crippen LogP contribution in [0.25, 0.3) is 11.8 Å². The molecule has 7 nitrogen and oxygen atoms in total. The smallest absolute Gasteiger partial charge is 0.225 e. The number of nitrogens with zero attached hydrogens (tertiary/aromatic N) is 3. The SMILES string of the molecule is C=C(NO)c1cnc(N2CCC(NC(/C=C/c3ccccc3)CO)CC2)nc1. The van der Waals surface area contributed by atoms with E-state index in [9.17, 15) is 5.11 Å². The molecule has 0 bridgehead atoms. The number of anilines is 1. The Bertz CT molecular complexity index is 771. The Hall–Kier alpha value is -2.74. The summed E-state index contributed by atoms with van der Waals surface area (Å²) in [6.45, 7) is 5.43. The molecule has 4 N–H and O–H groups in total. The van der Waals surface area contributed by atoms with Gasteiger partial charge in [0, 0.05) is 43.1 Å². The number of hydrogen-bond donors (Lipinski definition) is 4. The molecule has 1 aromatic heterocycles. The summed E-state index contributed by atoms with van der Waals surface area (Å²) in [4.78, 5) is 10.9. The van der Waals surface area contributed by atoms with Crippen molar-refractivity contribution in [2.75, 3.05) is 24.6 Å². The summed E-state index contributed by atoms with van der Waals surface area (Å²) < 4.78 is 0. The van der Waals surface area contributed by atoms with Crippen LogP contribution in [0.4, 0.5) is 5.95 Å². The first-order valence-electron chi connectivity index (χ1n) is 9.46. The molecule has 3 rings (SSSR count). The van der Waals surface area contributed by atoms with Crippen molar-refractivity contribution >= 4 is 17.7 Å².